The van der Waals surface area contributed by atoms with E-state index in [1.54, 1.807) is 12.4 Å². The van der Waals surface area contributed by atoms with Gasteiger partial charge in [-0.2, -0.15) is 0 Å². The summed E-state index contributed by atoms with van der Waals surface area (Å²) in [6.45, 7) is 0. The van der Waals surface area contributed by atoms with Gasteiger partial charge in [-0.25, -0.2) is 4.98 Å². The van der Waals surface area contributed by atoms with Crippen LogP contribution >= 0.6 is 0 Å². The summed E-state index contributed by atoms with van der Waals surface area (Å²) in [6, 6.07) is 19.4. The molecule has 0 saturated heterocycles. The molecular formula is C22H15N5O3. The Morgan fingerprint density at radius 2 is 1.87 bits per heavy atom. The second-order valence-corrected chi connectivity index (χ2v) is 6.82. The maximum atomic E-state index is 12.9. The van der Waals surface area contributed by atoms with Crippen LogP contribution in [0.3, 0.4) is 0 Å². The van der Waals surface area contributed by atoms with Gasteiger partial charge in [0.25, 0.3) is 11.6 Å². The highest BCUT2D eigenvalue weighted by Gasteiger charge is 2.30. The topological polar surface area (TPSA) is 113 Å². The third-order valence-electron chi connectivity index (χ3n) is 4.96. The molecular weight excluding hydrogens is 382 g/mol. The standard InChI is InChI=1S/C22H15N5O3/c28-22-20(16-11-15(27(29)30)7-9-17(16)26-22)21(13-4-2-1-3-5-13)25-14-6-8-18-19(10-14)24-12-23-18/h1-12,25H,(H,23,24)(H,26,28). The summed E-state index contributed by atoms with van der Waals surface area (Å²) in [4.78, 5) is 31.0. The van der Waals surface area contributed by atoms with Crippen LogP contribution < -0.4 is 10.6 Å². The minimum atomic E-state index is -0.470. The number of nitrogens with zero attached hydrogens (tertiary/aromatic N) is 2. The van der Waals surface area contributed by atoms with Gasteiger partial charge in [0.1, 0.15) is 0 Å². The van der Waals surface area contributed by atoms with E-state index in [1.165, 1.54) is 12.1 Å². The molecule has 1 aliphatic heterocycles. The number of rotatable bonds is 4. The summed E-state index contributed by atoms with van der Waals surface area (Å²) < 4.78 is 0. The molecule has 3 aromatic carbocycles. The molecule has 0 spiro atoms. The van der Waals surface area contributed by atoms with Crippen molar-refractivity contribution in [2.75, 3.05) is 10.6 Å². The zero-order chi connectivity index (χ0) is 20.7. The Morgan fingerprint density at radius 3 is 2.67 bits per heavy atom. The van der Waals surface area contributed by atoms with Gasteiger partial charge in [0.15, 0.2) is 0 Å². The monoisotopic (exact) mass is 397 g/mol. The first kappa shape index (κ1) is 17.6. The van der Waals surface area contributed by atoms with Crippen molar-refractivity contribution in [1.29, 1.82) is 0 Å². The summed E-state index contributed by atoms with van der Waals surface area (Å²) >= 11 is 0. The number of carbonyl (C=O) groups excluding carboxylic acids is 1. The Balaban J connectivity index is 1.71. The highest BCUT2D eigenvalue weighted by atomic mass is 16.6. The van der Waals surface area contributed by atoms with Crippen molar-refractivity contribution in [3.8, 4) is 0 Å². The number of fused-ring (bicyclic) bond motifs is 2. The first-order chi connectivity index (χ1) is 14.6. The average Bonchev–Trinajstić information content (AvgIpc) is 3.35. The summed E-state index contributed by atoms with van der Waals surface area (Å²) in [7, 11) is 0. The molecule has 0 radical (unpaired) electrons. The number of nitro benzene ring substituents is 1. The summed E-state index contributed by atoms with van der Waals surface area (Å²) in [6.07, 6.45) is 1.62. The Morgan fingerprint density at radius 1 is 1.03 bits per heavy atom. The molecule has 2 heterocycles. The summed E-state index contributed by atoms with van der Waals surface area (Å²) in [5.74, 6) is -0.320. The van der Waals surface area contributed by atoms with Gasteiger partial charge in [0.2, 0.25) is 0 Å². The van der Waals surface area contributed by atoms with Crippen molar-refractivity contribution >= 4 is 45.3 Å². The number of anilines is 2. The van der Waals surface area contributed by atoms with Gasteiger partial charge in [0, 0.05) is 29.1 Å². The van der Waals surface area contributed by atoms with E-state index in [0.717, 1.165) is 22.3 Å². The van der Waals surface area contributed by atoms with Crippen LogP contribution in [-0.2, 0) is 4.79 Å². The summed E-state index contributed by atoms with van der Waals surface area (Å²) in [5, 5.41) is 17.4. The second-order valence-electron chi connectivity index (χ2n) is 6.82. The molecule has 0 fully saturated rings. The normalized spacial score (nSPS) is 14.3. The maximum absolute atomic E-state index is 12.9. The fourth-order valence-electron chi connectivity index (χ4n) is 3.56. The molecule has 146 valence electrons. The molecule has 3 N–H and O–H groups in total. The van der Waals surface area contributed by atoms with Crippen molar-refractivity contribution in [2.45, 2.75) is 0 Å². The zero-order valence-corrected chi connectivity index (χ0v) is 15.5. The van der Waals surface area contributed by atoms with E-state index >= 15 is 0 Å². The number of nitrogens with one attached hydrogen (secondary N) is 3. The third-order valence-corrected chi connectivity index (χ3v) is 4.96. The number of aromatic amines is 1. The van der Waals surface area contributed by atoms with Crippen LogP contribution in [0.25, 0.3) is 22.3 Å². The van der Waals surface area contributed by atoms with Crippen molar-refractivity contribution in [1.82, 2.24) is 9.97 Å². The number of benzene rings is 3. The fraction of sp³-hybridized carbons (Fsp3) is 0. The number of non-ortho nitro benzene ring substituents is 1. The molecule has 0 atom stereocenters. The van der Waals surface area contributed by atoms with Gasteiger partial charge >= 0.3 is 0 Å². The Hall–Kier alpha value is -4.46. The van der Waals surface area contributed by atoms with Crippen molar-refractivity contribution < 1.29 is 9.72 Å². The van der Waals surface area contributed by atoms with Crippen LogP contribution in [0.2, 0.25) is 0 Å². The number of aromatic nitrogens is 2. The van der Waals surface area contributed by atoms with E-state index in [9.17, 15) is 14.9 Å². The van der Waals surface area contributed by atoms with Gasteiger partial charge in [-0.15, -0.1) is 0 Å². The van der Waals surface area contributed by atoms with Crippen LogP contribution in [0.1, 0.15) is 11.1 Å². The minimum absolute atomic E-state index is 0.0750. The molecule has 0 aliphatic carbocycles. The highest BCUT2D eigenvalue weighted by molar-refractivity contribution is 6.37. The molecule has 1 aliphatic rings. The van der Waals surface area contributed by atoms with E-state index < -0.39 is 4.92 Å². The predicted molar refractivity (Wildman–Crippen MR) is 115 cm³/mol. The maximum Gasteiger partial charge on any atom is 0.270 e. The number of carbonyl (C=O) groups is 1. The van der Waals surface area contributed by atoms with Gasteiger partial charge in [0.05, 0.1) is 33.6 Å². The quantitative estimate of drug-likeness (QED) is 0.268. The Bertz CT molecular complexity index is 1340. The molecule has 0 saturated carbocycles. The van der Waals surface area contributed by atoms with Gasteiger partial charge in [-0.3, -0.25) is 14.9 Å². The fourth-order valence-corrected chi connectivity index (χ4v) is 3.56. The first-order valence-electron chi connectivity index (χ1n) is 9.20. The Labute approximate surface area is 170 Å². The molecule has 8 heteroatoms. The highest BCUT2D eigenvalue weighted by Crippen LogP contribution is 2.39. The van der Waals surface area contributed by atoms with Crippen molar-refractivity contribution in [3.05, 3.63) is 94.3 Å². The van der Waals surface area contributed by atoms with E-state index in [1.807, 2.05) is 48.5 Å². The largest absolute Gasteiger partial charge is 0.354 e. The molecule has 5 rings (SSSR count). The number of H-pyrrole nitrogens is 1. The van der Waals surface area contributed by atoms with E-state index in [0.29, 0.717) is 22.5 Å². The molecule has 1 aromatic heterocycles. The van der Waals surface area contributed by atoms with Crippen LogP contribution in [0.5, 0.6) is 0 Å². The average molecular weight is 397 g/mol. The molecule has 8 nitrogen and oxygen atoms in total. The Kier molecular flexibility index (Phi) is 4.03. The molecule has 1 amide bonds. The predicted octanol–water partition coefficient (Wildman–Crippen LogP) is 4.40. The first-order valence-corrected chi connectivity index (χ1v) is 9.20. The van der Waals surface area contributed by atoms with E-state index in [2.05, 4.69) is 20.6 Å². The molecule has 0 bridgehead atoms. The van der Waals surface area contributed by atoms with Crippen LogP contribution in [-0.4, -0.2) is 20.8 Å². The van der Waals surface area contributed by atoms with E-state index in [4.69, 9.17) is 0 Å². The molecule has 30 heavy (non-hydrogen) atoms. The van der Waals surface area contributed by atoms with Crippen LogP contribution in [0, 0.1) is 10.1 Å². The molecule has 0 unspecified atom stereocenters. The minimum Gasteiger partial charge on any atom is -0.354 e. The van der Waals surface area contributed by atoms with Crippen LogP contribution in [0.15, 0.2) is 73.1 Å². The number of nitro groups is 1. The lowest BCUT2D eigenvalue weighted by Gasteiger charge is -2.15. The zero-order valence-electron chi connectivity index (χ0n) is 15.5. The number of imidazole rings is 1. The summed E-state index contributed by atoms with van der Waals surface area (Å²) in [5.41, 5.74) is 5.09. The van der Waals surface area contributed by atoms with Crippen LogP contribution in [0.4, 0.5) is 17.1 Å². The number of amides is 1. The SMILES string of the molecule is O=C1Nc2ccc([N+](=O)[O-])cc2C1=C(Nc1ccc2nc[nH]c2c1)c1ccccc1. The lowest BCUT2D eigenvalue weighted by atomic mass is 9.99. The third kappa shape index (κ3) is 2.96. The van der Waals surface area contributed by atoms with Crippen molar-refractivity contribution in [3.63, 3.8) is 0 Å². The van der Waals surface area contributed by atoms with Gasteiger partial charge in [-0.05, 0) is 29.8 Å². The van der Waals surface area contributed by atoms with E-state index in [-0.39, 0.29) is 11.6 Å². The number of hydrogen-bond donors (Lipinski definition) is 3. The van der Waals surface area contributed by atoms with Crippen molar-refractivity contribution in [2.24, 2.45) is 0 Å². The lowest BCUT2D eigenvalue weighted by molar-refractivity contribution is -0.384. The second kappa shape index (κ2) is 6.85. The number of hydrogen-bond acceptors (Lipinski definition) is 5. The molecule has 4 aromatic rings. The van der Waals surface area contributed by atoms with Gasteiger partial charge in [-0.1, -0.05) is 30.3 Å². The van der Waals surface area contributed by atoms with Gasteiger partial charge < -0.3 is 15.6 Å². The smallest absolute Gasteiger partial charge is 0.270 e. The lowest BCUT2D eigenvalue weighted by Crippen LogP contribution is -2.10.